The first kappa shape index (κ1) is 20.3. The van der Waals surface area contributed by atoms with Gasteiger partial charge in [-0.1, -0.05) is 47.7 Å². The quantitative estimate of drug-likeness (QED) is 0.430. The van der Waals surface area contributed by atoms with E-state index in [0.29, 0.717) is 16.4 Å². The first-order valence-electron chi connectivity index (χ1n) is 8.34. The standard InChI is InChI=1S/C18H18N4O3S3/c1-3-26-18-21-20-17(27-18)19-16(23)13-6-10-15(11-7-13)28(24,25)22-14-8-4-12(2)5-9-14/h4-11,22H,3H2,1-2H3,(H,19,20,23). The summed E-state index contributed by atoms with van der Waals surface area (Å²) in [5.41, 5.74) is 1.84. The van der Waals surface area contributed by atoms with Gasteiger partial charge in [0.2, 0.25) is 5.13 Å². The Labute approximate surface area is 171 Å². The van der Waals surface area contributed by atoms with Crippen molar-refractivity contribution in [3.8, 4) is 0 Å². The van der Waals surface area contributed by atoms with E-state index in [1.807, 2.05) is 26.0 Å². The lowest BCUT2D eigenvalue weighted by atomic mass is 10.2. The summed E-state index contributed by atoms with van der Waals surface area (Å²) in [7, 11) is -3.74. The zero-order valence-corrected chi connectivity index (χ0v) is 17.6. The van der Waals surface area contributed by atoms with Crippen LogP contribution in [0, 0.1) is 6.92 Å². The lowest BCUT2D eigenvalue weighted by molar-refractivity contribution is 0.102. The molecule has 1 heterocycles. The van der Waals surface area contributed by atoms with E-state index in [0.717, 1.165) is 15.7 Å². The topological polar surface area (TPSA) is 101 Å². The van der Waals surface area contributed by atoms with E-state index in [1.165, 1.54) is 35.6 Å². The average molecular weight is 435 g/mol. The smallest absolute Gasteiger partial charge is 0.261 e. The Morgan fingerprint density at radius 1 is 1.07 bits per heavy atom. The number of thioether (sulfide) groups is 1. The highest BCUT2D eigenvalue weighted by molar-refractivity contribution is 8.01. The van der Waals surface area contributed by atoms with Crippen molar-refractivity contribution in [3.05, 3.63) is 59.7 Å². The number of carbonyl (C=O) groups is 1. The van der Waals surface area contributed by atoms with Crippen LogP contribution in [0.2, 0.25) is 0 Å². The zero-order valence-electron chi connectivity index (χ0n) is 15.2. The van der Waals surface area contributed by atoms with E-state index >= 15 is 0 Å². The van der Waals surface area contributed by atoms with Crippen molar-refractivity contribution in [1.82, 2.24) is 10.2 Å². The third-order valence-electron chi connectivity index (χ3n) is 3.63. The normalized spacial score (nSPS) is 11.2. The zero-order chi connectivity index (χ0) is 20.1. The molecular formula is C18H18N4O3S3. The van der Waals surface area contributed by atoms with Gasteiger partial charge in [0.1, 0.15) is 0 Å². The van der Waals surface area contributed by atoms with Crippen LogP contribution in [0.25, 0.3) is 0 Å². The van der Waals surface area contributed by atoms with Gasteiger partial charge in [0.15, 0.2) is 4.34 Å². The number of hydrogen-bond donors (Lipinski definition) is 2. The molecule has 0 unspecified atom stereocenters. The summed E-state index contributed by atoms with van der Waals surface area (Å²) in [5.74, 6) is 0.495. The van der Waals surface area contributed by atoms with Gasteiger partial charge in [-0.05, 0) is 49.1 Å². The Morgan fingerprint density at radius 3 is 2.39 bits per heavy atom. The van der Waals surface area contributed by atoms with Gasteiger partial charge >= 0.3 is 0 Å². The molecule has 146 valence electrons. The molecular weight excluding hydrogens is 416 g/mol. The summed E-state index contributed by atoms with van der Waals surface area (Å²) in [6.45, 7) is 3.93. The van der Waals surface area contributed by atoms with E-state index in [-0.39, 0.29) is 10.8 Å². The predicted octanol–water partition coefficient (Wildman–Crippen LogP) is 4.01. The molecule has 3 rings (SSSR count). The second-order valence-corrected chi connectivity index (χ2v) is 9.93. The van der Waals surface area contributed by atoms with Gasteiger partial charge in [-0.25, -0.2) is 8.42 Å². The molecule has 2 aromatic carbocycles. The minimum absolute atomic E-state index is 0.0715. The van der Waals surface area contributed by atoms with Gasteiger partial charge in [-0.15, -0.1) is 10.2 Å². The summed E-state index contributed by atoms with van der Waals surface area (Å²) in [6, 6.07) is 12.7. The molecule has 0 bridgehead atoms. The van der Waals surface area contributed by atoms with Crippen LogP contribution in [0.1, 0.15) is 22.8 Å². The third-order valence-corrected chi connectivity index (χ3v) is 6.88. The maximum atomic E-state index is 12.5. The first-order valence-corrected chi connectivity index (χ1v) is 11.6. The molecule has 0 aliphatic rings. The van der Waals surface area contributed by atoms with Gasteiger partial charge in [0, 0.05) is 11.3 Å². The summed E-state index contributed by atoms with van der Waals surface area (Å²) in [4.78, 5) is 12.4. The minimum atomic E-state index is -3.74. The SMILES string of the molecule is CCSc1nnc(NC(=O)c2ccc(S(=O)(=O)Nc3ccc(C)cc3)cc2)s1. The number of carbonyl (C=O) groups excluding carboxylic acids is 1. The van der Waals surface area contributed by atoms with Gasteiger partial charge in [0.05, 0.1) is 4.90 Å². The minimum Gasteiger partial charge on any atom is -0.296 e. The molecule has 28 heavy (non-hydrogen) atoms. The van der Waals surface area contributed by atoms with E-state index in [4.69, 9.17) is 0 Å². The number of benzene rings is 2. The van der Waals surface area contributed by atoms with Gasteiger partial charge in [0.25, 0.3) is 15.9 Å². The van der Waals surface area contributed by atoms with Crippen LogP contribution in [0.15, 0.2) is 57.8 Å². The molecule has 0 spiro atoms. The maximum Gasteiger partial charge on any atom is 0.261 e. The van der Waals surface area contributed by atoms with E-state index in [2.05, 4.69) is 20.2 Å². The second kappa shape index (κ2) is 8.72. The van der Waals surface area contributed by atoms with Gasteiger partial charge < -0.3 is 0 Å². The molecule has 0 saturated carbocycles. The maximum absolute atomic E-state index is 12.5. The second-order valence-electron chi connectivity index (χ2n) is 5.76. The summed E-state index contributed by atoms with van der Waals surface area (Å²) >= 11 is 2.84. The van der Waals surface area contributed by atoms with Crippen molar-refractivity contribution in [2.24, 2.45) is 0 Å². The average Bonchev–Trinajstić information content (AvgIpc) is 3.11. The Hall–Kier alpha value is -2.43. The van der Waals surface area contributed by atoms with Crippen LogP contribution < -0.4 is 10.0 Å². The molecule has 0 saturated heterocycles. The van der Waals surface area contributed by atoms with Crippen molar-refractivity contribution < 1.29 is 13.2 Å². The number of amides is 1. The van der Waals surface area contributed by atoms with Crippen LogP contribution in [-0.4, -0.2) is 30.3 Å². The number of sulfonamides is 1. The van der Waals surface area contributed by atoms with Crippen LogP contribution in [0.4, 0.5) is 10.8 Å². The largest absolute Gasteiger partial charge is 0.296 e. The molecule has 7 nitrogen and oxygen atoms in total. The Morgan fingerprint density at radius 2 is 1.75 bits per heavy atom. The third kappa shape index (κ3) is 5.09. The number of anilines is 2. The van der Waals surface area contributed by atoms with Crippen molar-refractivity contribution in [1.29, 1.82) is 0 Å². The molecule has 0 aliphatic heterocycles. The summed E-state index contributed by atoms with van der Waals surface area (Å²) in [5, 5.41) is 11.0. The Bertz CT molecular complexity index is 1060. The molecule has 3 aromatic rings. The number of hydrogen-bond acceptors (Lipinski definition) is 7. The molecule has 0 radical (unpaired) electrons. The fraction of sp³-hybridized carbons (Fsp3) is 0.167. The highest BCUT2D eigenvalue weighted by atomic mass is 32.2. The van der Waals surface area contributed by atoms with Gasteiger partial charge in [-0.2, -0.15) is 0 Å². The van der Waals surface area contributed by atoms with Crippen molar-refractivity contribution >= 4 is 49.8 Å². The van der Waals surface area contributed by atoms with Crippen molar-refractivity contribution in [2.45, 2.75) is 23.1 Å². The Balaban J connectivity index is 1.69. The lowest BCUT2D eigenvalue weighted by Gasteiger charge is -2.09. The number of nitrogens with one attached hydrogen (secondary N) is 2. The number of aromatic nitrogens is 2. The molecule has 0 fully saturated rings. The molecule has 10 heteroatoms. The van der Waals surface area contributed by atoms with Crippen LogP contribution >= 0.6 is 23.1 Å². The number of nitrogens with zero attached hydrogens (tertiary/aromatic N) is 2. The van der Waals surface area contributed by atoms with E-state index < -0.39 is 10.0 Å². The molecule has 1 aromatic heterocycles. The van der Waals surface area contributed by atoms with Gasteiger partial charge in [-0.3, -0.25) is 14.8 Å². The highest BCUT2D eigenvalue weighted by Gasteiger charge is 2.16. The lowest BCUT2D eigenvalue weighted by Crippen LogP contribution is -2.14. The highest BCUT2D eigenvalue weighted by Crippen LogP contribution is 2.25. The van der Waals surface area contributed by atoms with Crippen LogP contribution in [-0.2, 0) is 10.0 Å². The van der Waals surface area contributed by atoms with Crippen LogP contribution in [0.3, 0.4) is 0 Å². The summed E-state index contributed by atoms with van der Waals surface area (Å²) < 4.78 is 28.3. The van der Waals surface area contributed by atoms with E-state index in [9.17, 15) is 13.2 Å². The van der Waals surface area contributed by atoms with Crippen molar-refractivity contribution in [2.75, 3.05) is 15.8 Å². The monoisotopic (exact) mass is 434 g/mol. The Kier molecular flexibility index (Phi) is 6.32. The number of rotatable bonds is 7. The fourth-order valence-electron chi connectivity index (χ4n) is 2.23. The predicted molar refractivity (Wildman–Crippen MR) is 113 cm³/mol. The molecule has 0 aliphatic carbocycles. The summed E-state index contributed by atoms with van der Waals surface area (Å²) in [6.07, 6.45) is 0. The molecule has 0 atom stereocenters. The fourth-order valence-corrected chi connectivity index (χ4v) is 4.94. The first-order chi connectivity index (χ1) is 13.4. The molecule has 2 N–H and O–H groups in total. The number of aryl methyl sites for hydroxylation is 1. The van der Waals surface area contributed by atoms with Crippen LogP contribution in [0.5, 0.6) is 0 Å². The van der Waals surface area contributed by atoms with E-state index in [1.54, 1.807) is 23.9 Å². The van der Waals surface area contributed by atoms with Crippen molar-refractivity contribution in [3.63, 3.8) is 0 Å². The molecule has 1 amide bonds.